The lowest BCUT2D eigenvalue weighted by atomic mass is 9.87. The van der Waals surface area contributed by atoms with E-state index in [0.29, 0.717) is 11.1 Å². The Morgan fingerprint density at radius 1 is 1.00 bits per heavy atom. The molecule has 0 bridgehead atoms. The zero-order valence-corrected chi connectivity index (χ0v) is 12.8. The zero-order valence-electron chi connectivity index (χ0n) is 12.8. The van der Waals surface area contributed by atoms with Crippen molar-refractivity contribution in [2.24, 2.45) is 0 Å². The maximum absolute atomic E-state index is 12.3. The third kappa shape index (κ3) is 2.83. The number of hydrogen-bond acceptors (Lipinski definition) is 3. The smallest absolute Gasteiger partial charge is 0.255 e. The van der Waals surface area contributed by atoms with Crippen LogP contribution in [0.15, 0.2) is 42.5 Å². The zero-order chi connectivity index (χ0) is 15.7. The molecule has 1 heterocycles. The molecule has 0 radical (unpaired) electrons. The SMILES string of the molecule is CC(C)(C)c1ccc(NC(=O)c2ccc3n[nH]nc3c2)cc1. The minimum absolute atomic E-state index is 0.0977. The molecule has 2 aromatic carbocycles. The summed E-state index contributed by atoms with van der Waals surface area (Å²) in [5.41, 5.74) is 4.08. The molecule has 2 N–H and O–H groups in total. The van der Waals surface area contributed by atoms with E-state index in [1.54, 1.807) is 18.2 Å². The quantitative estimate of drug-likeness (QED) is 0.760. The molecule has 5 nitrogen and oxygen atoms in total. The van der Waals surface area contributed by atoms with Crippen LogP contribution in [-0.4, -0.2) is 21.3 Å². The second-order valence-corrected chi connectivity index (χ2v) is 6.31. The van der Waals surface area contributed by atoms with Crippen molar-refractivity contribution in [3.05, 3.63) is 53.6 Å². The van der Waals surface area contributed by atoms with Gasteiger partial charge in [0.25, 0.3) is 5.91 Å². The topological polar surface area (TPSA) is 70.7 Å². The van der Waals surface area contributed by atoms with E-state index in [1.165, 1.54) is 5.56 Å². The van der Waals surface area contributed by atoms with Crippen LogP contribution in [0.1, 0.15) is 36.7 Å². The highest BCUT2D eigenvalue weighted by Crippen LogP contribution is 2.23. The first kappa shape index (κ1) is 14.3. The number of carbonyl (C=O) groups excluding carboxylic acids is 1. The lowest BCUT2D eigenvalue weighted by Gasteiger charge is -2.19. The summed E-state index contributed by atoms with van der Waals surface area (Å²) in [6.07, 6.45) is 0. The second-order valence-electron chi connectivity index (χ2n) is 6.31. The fraction of sp³-hybridized carbons (Fsp3) is 0.235. The average Bonchev–Trinajstić information content (AvgIpc) is 2.94. The molecule has 0 saturated carbocycles. The summed E-state index contributed by atoms with van der Waals surface area (Å²) in [4.78, 5) is 12.3. The van der Waals surface area contributed by atoms with Crippen LogP contribution in [0.3, 0.4) is 0 Å². The van der Waals surface area contributed by atoms with Crippen molar-refractivity contribution in [1.29, 1.82) is 0 Å². The molecule has 0 aliphatic rings. The number of fused-ring (bicyclic) bond motifs is 1. The van der Waals surface area contributed by atoms with E-state index in [-0.39, 0.29) is 11.3 Å². The van der Waals surface area contributed by atoms with E-state index in [0.717, 1.165) is 11.2 Å². The van der Waals surface area contributed by atoms with Gasteiger partial charge in [0.1, 0.15) is 11.0 Å². The number of benzene rings is 2. The molecule has 0 saturated heterocycles. The highest BCUT2D eigenvalue weighted by Gasteiger charge is 2.13. The first-order valence-corrected chi connectivity index (χ1v) is 7.16. The van der Waals surface area contributed by atoms with Gasteiger partial charge in [-0.15, -0.1) is 0 Å². The molecule has 22 heavy (non-hydrogen) atoms. The number of aromatic nitrogens is 3. The van der Waals surface area contributed by atoms with Crippen LogP contribution in [0.4, 0.5) is 5.69 Å². The molecule has 0 spiro atoms. The fourth-order valence-electron chi connectivity index (χ4n) is 2.24. The van der Waals surface area contributed by atoms with Gasteiger partial charge in [0.2, 0.25) is 0 Å². The third-order valence-corrected chi connectivity index (χ3v) is 3.59. The van der Waals surface area contributed by atoms with Crippen LogP contribution < -0.4 is 5.32 Å². The number of H-pyrrole nitrogens is 1. The van der Waals surface area contributed by atoms with Gasteiger partial charge in [0.05, 0.1) is 0 Å². The maximum Gasteiger partial charge on any atom is 0.255 e. The number of hydrogen-bond donors (Lipinski definition) is 2. The molecular formula is C17H18N4O. The summed E-state index contributed by atoms with van der Waals surface area (Å²) in [7, 11) is 0. The Morgan fingerprint density at radius 3 is 2.36 bits per heavy atom. The number of aromatic amines is 1. The standard InChI is InChI=1S/C17H18N4O/c1-17(2,3)12-5-7-13(8-6-12)18-16(22)11-4-9-14-15(10-11)20-21-19-14/h4-10H,1-3H3,(H,18,22)(H,19,20,21). The van der Waals surface area contributed by atoms with Gasteiger partial charge in [-0.25, -0.2) is 0 Å². The normalized spacial score (nSPS) is 11.6. The Kier molecular flexibility index (Phi) is 3.41. The van der Waals surface area contributed by atoms with Gasteiger partial charge in [0.15, 0.2) is 0 Å². The van der Waals surface area contributed by atoms with E-state index < -0.39 is 0 Å². The molecule has 0 atom stereocenters. The summed E-state index contributed by atoms with van der Waals surface area (Å²) in [5.74, 6) is -0.159. The van der Waals surface area contributed by atoms with Crippen molar-refractivity contribution in [2.75, 3.05) is 5.32 Å². The maximum atomic E-state index is 12.3. The van der Waals surface area contributed by atoms with Crippen molar-refractivity contribution < 1.29 is 4.79 Å². The summed E-state index contributed by atoms with van der Waals surface area (Å²) >= 11 is 0. The van der Waals surface area contributed by atoms with E-state index in [1.807, 2.05) is 24.3 Å². The molecule has 3 aromatic rings. The van der Waals surface area contributed by atoms with Gasteiger partial charge < -0.3 is 5.32 Å². The van der Waals surface area contributed by atoms with E-state index >= 15 is 0 Å². The van der Waals surface area contributed by atoms with Gasteiger partial charge in [-0.1, -0.05) is 32.9 Å². The van der Waals surface area contributed by atoms with E-state index in [4.69, 9.17) is 0 Å². The number of anilines is 1. The van der Waals surface area contributed by atoms with E-state index in [2.05, 4.69) is 41.5 Å². The fourth-order valence-corrected chi connectivity index (χ4v) is 2.24. The van der Waals surface area contributed by atoms with Crippen LogP contribution in [0.25, 0.3) is 11.0 Å². The average molecular weight is 294 g/mol. The molecule has 0 aliphatic heterocycles. The summed E-state index contributed by atoms with van der Waals surface area (Å²) in [6, 6.07) is 13.2. The van der Waals surface area contributed by atoms with Gasteiger partial charge in [-0.05, 0) is 41.3 Å². The van der Waals surface area contributed by atoms with Crippen LogP contribution >= 0.6 is 0 Å². The van der Waals surface area contributed by atoms with Crippen molar-refractivity contribution in [3.63, 3.8) is 0 Å². The highest BCUT2D eigenvalue weighted by atomic mass is 16.1. The minimum atomic E-state index is -0.159. The summed E-state index contributed by atoms with van der Waals surface area (Å²) in [6.45, 7) is 6.48. The van der Waals surface area contributed by atoms with Gasteiger partial charge >= 0.3 is 0 Å². The molecule has 112 valence electrons. The molecule has 5 heteroatoms. The number of nitrogens with zero attached hydrogens (tertiary/aromatic N) is 2. The van der Waals surface area contributed by atoms with Crippen molar-refractivity contribution in [2.45, 2.75) is 26.2 Å². The number of nitrogens with one attached hydrogen (secondary N) is 2. The predicted molar refractivity (Wildman–Crippen MR) is 87.0 cm³/mol. The monoisotopic (exact) mass is 294 g/mol. The van der Waals surface area contributed by atoms with Crippen molar-refractivity contribution >= 4 is 22.6 Å². The van der Waals surface area contributed by atoms with Crippen LogP contribution in [0.5, 0.6) is 0 Å². The first-order chi connectivity index (χ1) is 10.4. The lowest BCUT2D eigenvalue weighted by molar-refractivity contribution is 0.102. The van der Waals surface area contributed by atoms with Crippen LogP contribution in [0, 0.1) is 0 Å². The molecular weight excluding hydrogens is 276 g/mol. The van der Waals surface area contributed by atoms with E-state index in [9.17, 15) is 4.79 Å². The summed E-state index contributed by atoms with van der Waals surface area (Å²) in [5, 5.41) is 13.4. The number of rotatable bonds is 2. The molecule has 1 amide bonds. The van der Waals surface area contributed by atoms with Crippen LogP contribution in [0.2, 0.25) is 0 Å². The second kappa shape index (κ2) is 5.26. The minimum Gasteiger partial charge on any atom is -0.322 e. The number of carbonyl (C=O) groups is 1. The Hall–Kier alpha value is -2.69. The Balaban J connectivity index is 1.78. The number of amides is 1. The van der Waals surface area contributed by atoms with Crippen molar-refractivity contribution in [3.8, 4) is 0 Å². The molecule has 0 fully saturated rings. The Bertz CT molecular complexity index is 813. The van der Waals surface area contributed by atoms with Gasteiger partial charge in [-0.3, -0.25) is 4.79 Å². The highest BCUT2D eigenvalue weighted by molar-refractivity contribution is 6.05. The van der Waals surface area contributed by atoms with Gasteiger partial charge in [0, 0.05) is 11.3 Å². The van der Waals surface area contributed by atoms with Crippen LogP contribution in [-0.2, 0) is 5.41 Å². The molecule has 0 unspecified atom stereocenters. The van der Waals surface area contributed by atoms with Gasteiger partial charge in [-0.2, -0.15) is 15.4 Å². The first-order valence-electron chi connectivity index (χ1n) is 7.16. The Morgan fingerprint density at radius 2 is 1.68 bits per heavy atom. The molecule has 0 aliphatic carbocycles. The van der Waals surface area contributed by atoms with Crippen molar-refractivity contribution in [1.82, 2.24) is 15.4 Å². The molecule has 1 aromatic heterocycles. The summed E-state index contributed by atoms with van der Waals surface area (Å²) < 4.78 is 0. The molecule has 3 rings (SSSR count). The third-order valence-electron chi connectivity index (χ3n) is 3.59. The lowest BCUT2D eigenvalue weighted by Crippen LogP contribution is -2.13. The Labute approximate surface area is 128 Å². The largest absolute Gasteiger partial charge is 0.322 e. The predicted octanol–water partition coefficient (Wildman–Crippen LogP) is 3.51.